The van der Waals surface area contributed by atoms with Gasteiger partial charge in [0.15, 0.2) is 0 Å². The molecule has 1 atom stereocenters. The first-order valence-electron chi connectivity index (χ1n) is 8.64. The SMILES string of the molecule is CC(=O)NCCCCNC(=O)CC(c1ccc(C)cc1)C1CC1. The van der Waals surface area contributed by atoms with Gasteiger partial charge in [0, 0.05) is 26.4 Å². The van der Waals surface area contributed by atoms with E-state index in [4.69, 9.17) is 0 Å². The molecular weight excluding hydrogens is 288 g/mol. The van der Waals surface area contributed by atoms with Crippen LogP contribution in [0.2, 0.25) is 0 Å². The Hall–Kier alpha value is -1.84. The molecule has 2 N–H and O–H groups in total. The zero-order chi connectivity index (χ0) is 16.7. The highest BCUT2D eigenvalue weighted by Crippen LogP contribution is 2.44. The van der Waals surface area contributed by atoms with Crippen molar-refractivity contribution in [2.45, 2.75) is 51.9 Å². The fraction of sp³-hybridized carbons (Fsp3) is 0.579. The number of hydrogen-bond acceptors (Lipinski definition) is 2. The summed E-state index contributed by atoms with van der Waals surface area (Å²) in [5.41, 5.74) is 2.55. The summed E-state index contributed by atoms with van der Waals surface area (Å²) in [4.78, 5) is 22.9. The van der Waals surface area contributed by atoms with Crippen LogP contribution in [0.15, 0.2) is 24.3 Å². The monoisotopic (exact) mass is 316 g/mol. The van der Waals surface area contributed by atoms with Crippen molar-refractivity contribution in [3.8, 4) is 0 Å². The van der Waals surface area contributed by atoms with Crippen LogP contribution in [0.3, 0.4) is 0 Å². The van der Waals surface area contributed by atoms with E-state index in [0.29, 0.717) is 31.3 Å². The average Bonchev–Trinajstić information content (AvgIpc) is 3.34. The first-order chi connectivity index (χ1) is 11.1. The smallest absolute Gasteiger partial charge is 0.220 e. The van der Waals surface area contributed by atoms with E-state index in [-0.39, 0.29) is 11.8 Å². The zero-order valence-electron chi connectivity index (χ0n) is 14.2. The van der Waals surface area contributed by atoms with Crippen LogP contribution in [0.4, 0.5) is 0 Å². The second-order valence-corrected chi connectivity index (χ2v) is 6.60. The van der Waals surface area contributed by atoms with Crippen molar-refractivity contribution in [1.82, 2.24) is 10.6 Å². The number of rotatable bonds is 9. The quantitative estimate of drug-likeness (QED) is 0.688. The Labute approximate surface area is 139 Å². The molecule has 0 heterocycles. The topological polar surface area (TPSA) is 58.2 Å². The van der Waals surface area contributed by atoms with Crippen LogP contribution in [0, 0.1) is 12.8 Å². The standard InChI is InChI=1S/C19H28N2O2/c1-14-5-7-16(8-6-14)18(17-9-10-17)13-19(23)21-12-4-3-11-20-15(2)22/h5-8,17-18H,3-4,9-13H2,1-2H3,(H,20,22)(H,21,23). The van der Waals surface area contributed by atoms with Crippen LogP contribution in [0.5, 0.6) is 0 Å². The number of unbranched alkanes of at least 4 members (excludes halogenated alkanes) is 1. The second kappa shape index (κ2) is 8.70. The van der Waals surface area contributed by atoms with Crippen molar-refractivity contribution >= 4 is 11.8 Å². The molecule has 126 valence electrons. The average molecular weight is 316 g/mol. The number of nitrogens with one attached hydrogen (secondary N) is 2. The number of benzene rings is 1. The molecule has 4 heteroatoms. The third-order valence-corrected chi connectivity index (χ3v) is 4.40. The number of carbonyl (C=O) groups excluding carboxylic acids is 2. The normalized spacial score (nSPS) is 15.0. The van der Waals surface area contributed by atoms with Crippen LogP contribution in [-0.4, -0.2) is 24.9 Å². The van der Waals surface area contributed by atoms with Crippen molar-refractivity contribution in [3.63, 3.8) is 0 Å². The minimum absolute atomic E-state index is 0.000548. The van der Waals surface area contributed by atoms with Crippen LogP contribution < -0.4 is 10.6 Å². The van der Waals surface area contributed by atoms with Gasteiger partial charge in [-0.05, 0) is 50.0 Å². The molecule has 0 spiro atoms. The summed E-state index contributed by atoms with van der Waals surface area (Å²) in [6.45, 7) is 4.97. The lowest BCUT2D eigenvalue weighted by molar-refractivity contribution is -0.122. The predicted molar refractivity (Wildman–Crippen MR) is 92.2 cm³/mol. The van der Waals surface area contributed by atoms with Gasteiger partial charge in [0.1, 0.15) is 0 Å². The molecule has 4 nitrogen and oxygen atoms in total. The first kappa shape index (κ1) is 17.5. The largest absolute Gasteiger partial charge is 0.356 e. The van der Waals surface area contributed by atoms with E-state index < -0.39 is 0 Å². The summed E-state index contributed by atoms with van der Waals surface area (Å²) in [5, 5.41) is 5.78. The van der Waals surface area contributed by atoms with Crippen LogP contribution in [0.1, 0.15) is 56.1 Å². The third kappa shape index (κ3) is 6.43. The van der Waals surface area contributed by atoms with E-state index in [1.807, 2.05) is 0 Å². The van der Waals surface area contributed by atoms with E-state index in [1.165, 1.54) is 30.9 Å². The highest BCUT2D eigenvalue weighted by Gasteiger charge is 2.33. The molecule has 1 aromatic carbocycles. The minimum Gasteiger partial charge on any atom is -0.356 e. The van der Waals surface area contributed by atoms with Gasteiger partial charge < -0.3 is 10.6 Å². The van der Waals surface area contributed by atoms with Gasteiger partial charge in [-0.3, -0.25) is 9.59 Å². The third-order valence-electron chi connectivity index (χ3n) is 4.40. The summed E-state index contributed by atoms with van der Waals surface area (Å²) < 4.78 is 0. The maximum absolute atomic E-state index is 12.2. The minimum atomic E-state index is -0.000548. The van der Waals surface area contributed by atoms with Crippen molar-refractivity contribution in [3.05, 3.63) is 35.4 Å². The van der Waals surface area contributed by atoms with Crippen LogP contribution in [0.25, 0.3) is 0 Å². The molecule has 0 bridgehead atoms. The van der Waals surface area contributed by atoms with Crippen molar-refractivity contribution < 1.29 is 9.59 Å². The van der Waals surface area contributed by atoms with E-state index in [2.05, 4.69) is 41.8 Å². The van der Waals surface area contributed by atoms with Gasteiger partial charge in [-0.2, -0.15) is 0 Å². The highest BCUT2D eigenvalue weighted by atomic mass is 16.2. The number of amides is 2. The lowest BCUT2D eigenvalue weighted by atomic mass is 9.90. The first-order valence-corrected chi connectivity index (χ1v) is 8.64. The van der Waals surface area contributed by atoms with Crippen molar-refractivity contribution in [2.75, 3.05) is 13.1 Å². The Morgan fingerprint density at radius 2 is 1.70 bits per heavy atom. The van der Waals surface area contributed by atoms with E-state index in [0.717, 1.165) is 12.8 Å². The second-order valence-electron chi connectivity index (χ2n) is 6.60. The van der Waals surface area contributed by atoms with Gasteiger partial charge in [0.2, 0.25) is 11.8 Å². The number of aryl methyl sites for hydroxylation is 1. The Morgan fingerprint density at radius 3 is 2.26 bits per heavy atom. The predicted octanol–water partition coefficient (Wildman–Crippen LogP) is 2.91. The summed E-state index contributed by atoms with van der Waals surface area (Å²) in [5.74, 6) is 1.17. The van der Waals surface area contributed by atoms with E-state index >= 15 is 0 Å². The summed E-state index contributed by atoms with van der Waals surface area (Å²) in [6, 6.07) is 8.59. The molecule has 1 fully saturated rings. The van der Waals surface area contributed by atoms with Crippen molar-refractivity contribution in [2.24, 2.45) is 5.92 Å². The fourth-order valence-electron chi connectivity index (χ4n) is 2.88. The molecule has 0 aliphatic heterocycles. The molecule has 0 saturated heterocycles. The molecule has 0 radical (unpaired) electrons. The van der Waals surface area contributed by atoms with Crippen LogP contribution >= 0.6 is 0 Å². The fourth-order valence-corrected chi connectivity index (χ4v) is 2.88. The molecule has 1 saturated carbocycles. The van der Waals surface area contributed by atoms with Crippen molar-refractivity contribution in [1.29, 1.82) is 0 Å². The molecule has 1 aliphatic carbocycles. The molecule has 0 aromatic heterocycles. The Kier molecular flexibility index (Phi) is 6.63. The van der Waals surface area contributed by atoms with Gasteiger partial charge in [-0.15, -0.1) is 0 Å². The molecule has 2 rings (SSSR count). The van der Waals surface area contributed by atoms with Crippen LogP contribution in [-0.2, 0) is 9.59 Å². The molecule has 23 heavy (non-hydrogen) atoms. The zero-order valence-corrected chi connectivity index (χ0v) is 14.2. The van der Waals surface area contributed by atoms with E-state index in [1.54, 1.807) is 0 Å². The number of carbonyl (C=O) groups is 2. The molecule has 1 aromatic rings. The van der Waals surface area contributed by atoms with Gasteiger partial charge in [-0.1, -0.05) is 29.8 Å². The number of hydrogen-bond donors (Lipinski definition) is 2. The maximum Gasteiger partial charge on any atom is 0.220 e. The maximum atomic E-state index is 12.2. The lowest BCUT2D eigenvalue weighted by Crippen LogP contribution is -2.27. The molecular formula is C19H28N2O2. The van der Waals surface area contributed by atoms with Gasteiger partial charge in [-0.25, -0.2) is 0 Å². The lowest BCUT2D eigenvalue weighted by Gasteiger charge is -2.17. The summed E-state index contributed by atoms with van der Waals surface area (Å²) in [7, 11) is 0. The molecule has 2 amide bonds. The molecule has 1 aliphatic rings. The summed E-state index contributed by atoms with van der Waals surface area (Å²) >= 11 is 0. The van der Waals surface area contributed by atoms with Gasteiger partial charge in [0.25, 0.3) is 0 Å². The van der Waals surface area contributed by atoms with E-state index in [9.17, 15) is 9.59 Å². The van der Waals surface area contributed by atoms with Gasteiger partial charge in [0.05, 0.1) is 0 Å². The Morgan fingerprint density at radius 1 is 1.09 bits per heavy atom. The highest BCUT2D eigenvalue weighted by molar-refractivity contribution is 5.77. The Bertz CT molecular complexity index is 521. The molecule has 1 unspecified atom stereocenters. The Balaban J connectivity index is 1.71. The van der Waals surface area contributed by atoms with Gasteiger partial charge >= 0.3 is 0 Å². The summed E-state index contributed by atoms with van der Waals surface area (Å²) in [6.07, 6.45) is 4.85.